The van der Waals surface area contributed by atoms with E-state index in [1.807, 2.05) is 12.4 Å². The zero-order valence-corrected chi connectivity index (χ0v) is 59.2. The molecule has 84 heavy (non-hydrogen) atoms. The first-order valence-corrected chi connectivity index (χ1v) is 36.1. The molecule has 2 aromatic carbocycles. The van der Waals surface area contributed by atoms with Gasteiger partial charge in [0.2, 0.25) is 0 Å². The monoisotopic (exact) mass is 1170 g/mol. The fraction of sp³-hybridized carbons (Fsp3) is 0.821. The minimum Gasteiger partial charge on any atom is -0.507 e. The van der Waals surface area contributed by atoms with Crippen molar-refractivity contribution < 1.29 is 19.2 Å². The van der Waals surface area contributed by atoms with Gasteiger partial charge in [0.05, 0.1) is 51.4 Å². The van der Waals surface area contributed by atoms with Crippen LogP contribution in [0.25, 0.3) is 0 Å². The largest absolute Gasteiger partial charge is 0.507 e. The second kappa shape index (κ2) is 39.3. The van der Waals surface area contributed by atoms with Crippen LogP contribution < -0.4 is 0 Å². The maximum atomic E-state index is 12.3. The van der Waals surface area contributed by atoms with E-state index in [1.165, 1.54) is 204 Å². The first-order valence-electron chi connectivity index (χ1n) is 36.1. The summed E-state index contributed by atoms with van der Waals surface area (Å²) in [5.74, 6) is 5.32. The minimum absolute atomic E-state index is 0.00680. The Hall–Kier alpha value is -2.70. The lowest BCUT2D eigenvalue weighted by molar-refractivity contribution is -0.941. The molecule has 0 unspecified atom stereocenters. The maximum absolute atomic E-state index is 12.3. The number of quaternary nitrogens is 2. The molecular formula is C78H142N4O2+2. The lowest BCUT2D eigenvalue weighted by Crippen LogP contribution is -2.49. The van der Waals surface area contributed by atoms with E-state index in [0.29, 0.717) is 11.5 Å². The Bertz CT molecular complexity index is 1870. The molecule has 3 rings (SSSR count). The summed E-state index contributed by atoms with van der Waals surface area (Å²) in [6.07, 6.45) is 39.6. The van der Waals surface area contributed by atoms with Gasteiger partial charge in [0.15, 0.2) is 0 Å². The Morgan fingerprint density at radius 2 is 0.619 bits per heavy atom. The minimum atomic E-state index is -0.226. The van der Waals surface area contributed by atoms with Gasteiger partial charge in [-0.25, -0.2) is 0 Å². The molecule has 0 bridgehead atoms. The number of phenolic OH excluding ortho intramolecular Hbond substituents is 2. The van der Waals surface area contributed by atoms with Gasteiger partial charge in [-0.05, 0) is 160 Å². The molecule has 1 aliphatic carbocycles. The third-order valence-electron chi connectivity index (χ3n) is 19.0. The van der Waals surface area contributed by atoms with E-state index < -0.39 is 0 Å². The predicted octanol–water partition coefficient (Wildman–Crippen LogP) is 22.5. The molecule has 1 saturated carbocycles. The van der Waals surface area contributed by atoms with Crippen molar-refractivity contribution in [2.75, 3.05) is 39.3 Å². The van der Waals surface area contributed by atoms with Crippen molar-refractivity contribution in [1.29, 1.82) is 0 Å². The van der Waals surface area contributed by atoms with Crippen molar-refractivity contribution in [3.05, 3.63) is 57.6 Å². The van der Waals surface area contributed by atoms with Crippen LogP contribution in [0.5, 0.6) is 11.5 Å². The molecule has 1 fully saturated rings. The van der Waals surface area contributed by atoms with E-state index in [1.54, 1.807) is 0 Å². The number of aliphatic imine (C=N–C) groups is 2. The molecular weight excluding hydrogens is 1020 g/mol. The highest BCUT2D eigenvalue weighted by atomic mass is 16.3. The number of rotatable bonds is 44. The van der Waals surface area contributed by atoms with Crippen molar-refractivity contribution in [1.82, 2.24) is 0 Å². The van der Waals surface area contributed by atoms with Crippen molar-refractivity contribution in [2.45, 2.75) is 340 Å². The van der Waals surface area contributed by atoms with Crippen molar-refractivity contribution in [2.24, 2.45) is 45.5 Å². The quantitative estimate of drug-likeness (QED) is 0.0394. The molecule has 2 N–H and O–H groups in total. The fourth-order valence-corrected chi connectivity index (χ4v) is 13.7. The van der Waals surface area contributed by atoms with E-state index in [0.717, 1.165) is 106 Å². The Kier molecular flexibility index (Phi) is 35.4. The lowest BCUT2D eigenvalue weighted by atomic mass is 9.83. The number of hydrogen-bond donors (Lipinski definition) is 2. The fourth-order valence-electron chi connectivity index (χ4n) is 13.7. The van der Waals surface area contributed by atoms with Gasteiger partial charge in [0, 0.05) is 45.8 Å². The van der Waals surface area contributed by atoms with Gasteiger partial charge in [0.1, 0.15) is 24.6 Å². The third-order valence-corrected chi connectivity index (χ3v) is 19.0. The molecule has 6 nitrogen and oxygen atoms in total. The van der Waals surface area contributed by atoms with Crippen LogP contribution in [0.4, 0.5) is 0 Å². The van der Waals surface area contributed by atoms with Crippen LogP contribution >= 0.6 is 0 Å². The van der Waals surface area contributed by atoms with Gasteiger partial charge in [-0.1, -0.05) is 215 Å². The molecule has 0 aromatic heterocycles. The van der Waals surface area contributed by atoms with Crippen LogP contribution in [0.3, 0.4) is 0 Å². The van der Waals surface area contributed by atoms with E-state index >= 15 is 0 Å². The molecule has 0 heterocycles. The highest BCUT2D eigenvalue weighted by molar-refractivity contribution is 5.86. The molecule has 6 heteroatoms. The third kappa shape index (κ3) is 30.5. The molecule has 2 atom stereocenters. The van der Waals surface area contributed by atoms with Gasteiger partial charge in [0.25, 0.3) is 0 Å². The summed E-state index contributed by atoms with van der Waals surface area (Å²) < 4.78 is 2.30. The van der Waals surface area contributed by atoms with Crippen LogP contribution in [0.1, 0.15) is 338 Å². The van der Waals surface area contributed by atoms with Crippen LogP contribution in [0.15, 0.2) is 34.3 Å². The number of nitrogens with zero attached hydrogens (tertiary/aromatic N) is 4. The summed E-state index contributed by atoms with van der Waals surface area (Å²) in [4.78, 5) is 10.9. The van der Waals surface area contributed by atoms with Crippen molar-refractivity contribution >= 4 is 12.4 Å². The zero-order valence-electron chi connectivity index (χ0n) is 59.2. The average molecular weight is 1170 g/mol. The lowest BCUT2D eigenvalue weighted by Gasteiger charge is -2.40. The summed E-state index contributed by atoms with van der Waals surface area (Å²) in [7, 11) is 0. The number of benzene rings is 2. The summed E-state index contributed by atoms with van der Waals surface area (Å²) in [5, 5.41) is 24.6. The first kappa shape index (κ1) is 75.5. The smallest absolute Gasteiger partial charge is 0.128 e. The second-order valence-electron chi connectivity index (χ2n) is 32.4. The van der Waals surface area contributed by atoms with Crippen LogP contribution in [-0.2, 0) is 23.9 Å². The van der Waals surface area contributed by atoms with Crippen LogP contribution in [0, 0.1) is 35.5 Å². The molecule has 2 aromatic rings. The molecule has 1 aliphatic rings. The van der Waals surface area contributed by atoms with E-state index in [9.17, 15) is 10.2 Å². The number of phenols is 2. The number of hydrogen-bond acceptors (Lipinski definition) is 4. The van der Waals surface area contributed by atoms with E-state index in [-0.39, 0.29) is 22.9 Å². The average Bonchev–Trinajstić information content (AvgIpc) is 3.60. The molecule has 0 spiro atoms. The summed E-state index contributed by atoms with van der Waals surface area (Å²) >= 11 is 0. The zero-order chi connectivity index (χ0) is 62.4. The summed E-state index contributed by atoms with van der Waals surface area (Å²) in [6, 6.07) is 9.39. The molecule has 0 radical (unpaired) electrons. The van der Waals surface area contributed by atoms with E-state index in [2.05, 4.69) is 149 Å². The van der Waals surface area contributed by atoms with Gasteiger partial charge in [-0.2, -0.15) is 0 Å². The number of unbranched alkanes of at least 4 members (excludes halogenated alkanes) is 12. The van der Waals surface area contributed by atoms with Crippen molar-refractivity contribution in [3.63, 3.8) is 0 Å². The number of aromatic hydroxyl groups is 2. The summed E-state index contributed by atoms with van der Waals surface area (Å²) in [5.41, 5.74) is 6.01. The van der Waals surface area contributed by atoms with Crippen LogP contribution in [-0.4, -0.2) is 83.0 Å². The predicted molar refractivity (Wildman–Crippen MR) is 372 cm³/mol. The topological polar surface area (TPSA) is 65.2 Å². The van der Waals surface area contributed by atoms with Gasteiger partial charge >= 0.3 is 0 Å². The van der Waals surface area contributed by atoms with E-state index in [4.69, 9.17) is 9.98 Å². The highest BCUT2D eigenvalue weighted by Gasteiger charge is 2.32. The van der Waals surface area contributed by atoms with Gasteiger partial charge in [-0.3, -0.25) is 9.98 Å². The Morgan fingerprint density at radius 3 is 0.833 bits per heavy atom. The van der Waals surface area contributed by atoms with Crippen LogP contribution in [0.2, 0.25) is 0 Å². The second-order valence-corrected chi connectivity index (χ2v) is 32.4. The first-order chi connectivity index (χ1) is 39.6. The molecule has 0 aliphatic heterocycles. The normalized spacial score (nSPS) is 16.0. The maximum Gasteiger partial charge on any atom is 0.128 e. The highest BCUT2D eigenvalue weighted by Crippen LogP contribution is 2.38. The van der Waals surface area contributed by atoms with Crippen molar-refractivity contribution in [3.8, 4) is 11.5 Å². The van der Waals surface area contributed by atoms with Gasteiger partial charge in [-0.15, -0.1) is 0 Å². The Labute approximate surface area is 523 Å². The summed E-state index contributed by atoms with van der Waals surface area (Å²) in [6.45, 7) is 51.4. The molecule has 0 amide bonds. The molecule has 484 valence electrons. The molecule has 0 saturated heterocycles. The Morgan fingerprint density at radius 1 is 0.381 bits per heavy atom. The Balaban J connectivity index is 2.11. The van der Waals surface area contributed by atoms with Gasteiger partial charge < -0.3 is 19.2 Å². The standard InChI is InChI=1S/C78H140N4O2/c1-61(2)39-25-19-33-47-81(48-34-20-26-40-62(3)4,49-35-21-27-41-63(5)6)59-67-53-69(75(83)71(55-67)77(13,14)15)57-79-73-45-31-32-46-74(73)80-58-70-54-68(56-72(76(70)84)78(16,17)18)60-82(50-36-22-28-42-64(7)8,51-37-23-29-43-65(9)10)52-38-24-30-44-66(11)12/h53-58,61-66,73-74H,19-52,59-60H2,1-18H3/p+2/t73-,74-/m1/s1. The SMILES string of the molecule is CC(C)CCCCC[N+](CCCCCC(C)C)(CCCCCC(C)C)Cc1cc(C=N[C@@H]2CCCC[C@H]2N=Cc2cc(C[N+](CCCCCC(C)C)(CCCCCC(C)C)CCCCCC(C)C)cc(C(C)(C)C)c2O)c(O)c(C(C)(C)C)c1.